The van der Waals surface area contributed by atoms with E-state index in [9.17, 15) is 4.79 Å². The second-order valence-electron chi connectivity index (χ2n) is 5.15. The van der Waals surface area contributed by atoms with Gasteiger partial charge in [-0.2, -0.15) is 0 Å². The maximum atomic E-state index is 12.4. The van der Waals surface area contributed by atoms with E-state index < -0.39 is 0 Å². The number of halogens is 3. The Morgan fingerprint density at radius 2 is 1.79 bits per heavy atom. The van der Waals surface area contributed by atoms with Crippen LogP contribution in [0.15, 0.2) is 36.4 Å². The number of hydrogen-bond donors (Lipinski definition) is 0. The lowest BCUT2D eigenvalue weighted by molar-refractivity contribution is -0.115. The van der Waals surface area contributed by atoms with Crippen LogP contribution in [0.25, 0.3) is 0 Å². The topological polar surface area (TPSA) is 29.5 Å². The van der Waals surface area contributed by atoms with Crippen molar-refractivity contribution in [3.05, 3.63) is 57.0 Å². The van der Waals surface area contributed by atoms with Gasteiger partial charge < -0.3 is 4.74 Å². The standard InChI is InChI=1S/C17H14Cl3NO2S/c1-2-23-16-13(19)7-10(8-14(16)20)17-21(15(22)9-24-17)12-5-3-11(18)4-6-12/h3-8,17H,2,9H2,1H3/t17-/m1/s1. The molecule has 7 heteroatoms. The van der Waals surface area contributed by atoms with Crippen LogP contribution in [0.1, 0.15) is 17.9 Å². The van der Waals surface area contributed by atoms with Crippen molar-refractivity contribution < 1.29 is 9.53 Å². The van der Waals surface area contributed by atoms with Gasteiger partial charge in [0.2, 0.25) is 5.91 Å². The highest BCUT2D eigenvalue weighted by molar-refractivity contribution is 8.00. The van der Waals surface area contributed by atoms with Crippen LogP contribution in [0.2, 0.25) is 15.1 Å². The van der Waals surface area contributed by atoms with Gasteiger partial charge >= 0.3 is 0 Å². The highest BCUT2D eigenvalue weighted by Gasteiger charge is 2.34. The fourth-order valence-electron chi connectivity index (χ4n) is 2.56. The number of rotatable bonds is 4. The molecule has 126 valence electrons. The Balaban J connectivity index is 1.98. The van der Waals surface area contributed by atoms with Crippen molar-refractivity contribution in [1.29, 1.82) is 0 Å². The molecule has 1 fully saturated rings. The van der Waals surface area contributed by atoms with Crippen LogP contribution in [0.4, 0.5) is 5.69 Å². The second kappa shape index (κ2) is 7.44. The van der Waals surface area contributed by atoms with Gasteiger partial charge in [-0.1, -0.05) is 34.8 Å². The van der Waals surface area contributed by atoms with Crippen molar-refractivity contribution in [2.24, 2.45) is 0 Å². The van der Waals surface area contributed by atoms with Gasteiger partial charge in [0.25, 0.3) is 0 Å². The van der Waals surface area contributed by atoms with Gasteiger partial charge in [-0.3, -0.25) is 9.69 Å². The summed E-state index contributed by atoms with van der Waals surface area (Å²) in [5.41, 5.74) is 1.65. The molecule has 0 N–H and O–H groups in total. The number of ether oxygens (including phenoxy) is 1. The fraction of sp³-hybridized carbons (Fsp3) is 0.235. The van der Waals surface area contributed by atoms with E-state index in [4.69, 9.17) is 39.5 Å². The number of nitrogens with zero attached hydrogens (tertiary/aromatic N) is 1. The van der Waals surface area contributed by atoms with E-state index in [2.05, 4.69) is 0 Å². The maximum absolute atomic E-state index is 12.4. The summed E-state index contributed by atoms with van der Waals surface area (Å²) in [7, 11) is 0. The minimum atomic E-state index is -0.190. The van der Waals surface area contributed by atoms with Crippen LogP contribution in [-0.4, -0.2) is 18.3 Å². The lowest BCUT2D eigenvalue weighted by atomic mass is 10.1. The molecule has 2 aromatic carbocycles. The molecule has 24 heavy (non-hydrogen) atoms. The number of amides is 1. The van der Waals surface area contributed by atoms with E-state index in [1.807, 2.05) is 19.1 Å². The zero-order valence-electron chi connectivity index (χ0n) is 12.8. The number of hydrogen-bond acceptors (Lipinski definition) is 3. The van der Waals surface area contributed by atoms with Crippen molar-refractivity contribution in [3.63, 3.8) is 0 Å². The molecular formula is C17H14Cl3NO2S. The highest BCUT2D eigenvalue weighted by Crippen LogP contribution is 2.45. The Morgan fingerprint density at radius 3 is 2.38 bits per heavy atom. The Bertz CT molecular complexity index is 744. The van der Waals surface area contributed by atoms with Crippen LogP contribution in [-0.2, 0) is 4.79 Å². The van der Waals surface area contributed by atoms with Crippen LogP contribution in [0.5, 0.6) is 5.75 Å². The van der Waals surface area contributed by atoms with Gasteiger partial charge in [-0.25, -0.2) is 0 Å². The van der Waals surface area contributed by atoms with Crippen molar-refractivity contribution in [1.82, 2.24) is 0 Å². The zero-order chi connectivity index (χ0) is 17.3. The molecule has 0 bridgehead atoms. The van der Waals surface area contributed by atoms with Crippen LogP contribution >= 0.6 is 46.6 Å². The molecule has 2 aromatic rings. The number of benzene rings is 2. The largest absolute Gasteiger partial charge is 0.491 e. The van der Waals surface area contributed by atoms with E-state index in [0.717, 1.165) is 11.3 Å². The first-order valence-electron chi connectivity index (χ1n) is 7.32. The van der Waals surface area contributed by atoms with E-state index in [0.29, 0.717) is 33.2 Å². The average molecular weight is 403 g/mol. The van der Waals surface area contributed by atoms with E-state index in [1.54, 1.807) is 29.2 Å². The monoisotopic (exact) mass is 401 g/mol. The quantitative estimate of drug-likeness (QED) is 0.645. The van der Waals surface area contributed by atoms with Crippen LogP contribution in [0, 0.1) is 0 Å². The van der Waals surface area contributed by atoms with Gasteiger partial charge in [-0.05, 0) is 48.9 Å². The predicted octanol–water partition coefficient (Wildman–Crippen LogP) is 5.82. The molecule has 1 atom stereocenters. The van der Waals surface area contributed by atoms with Gasteiger partial charge in [0, 0.05) is 10.7 Å². The van der Waals surface area contributed by atoms with Crippen LogP contribution < -0.4 is 9.64 Å². The number of thioether (sulfide) groups is 1. The summed E-state index contributed by atoms with van der Waals surface area (Å²) >= 11 is 20.1. The molecule has 1 saturated heterocycles. The van der Waals surface area contributed by atoms with Crippen LogP contribution in [0.3, 0.4) is 0 Å². The predicted molar refractivity (Wildman–Crippen MR) is 102 cm³/mol. The van der Waals surface area contributed by atoms with Gasteiger partial charge in [-0.15, -0.1) is 11.8 Å². The molecule has 1 aliphatic heterocycles. The molecule has 3 nitrogen and oxygen atoms in total. The molecule has 1 aliphatic rings. The van der Waals surface area contributed by atoms with Crippen molar-refractivity contribution in [3.8, 4) is 5.75 Å². The fourth-order valence-corrected chi connectivity index (χ4v) is 4.45. The summed E-state index contributed by atoms with van der Waals surface area (Å²) in [4.78, 5) is 14.1. The summed E-state index contributed by atoms with van der Waals surface area (Å²) in [5, 5.41) is 1.32. The maximum Gasteiger partial charge on any atom is 0.238 e. The summed E-state index contributed by atoms with van der Waals surface area (Å²) in [6.45, 7) is 2.35. The third kappa shape index (κ3) is 3.47. The van der Waals surface area contributed by atoms with Gasteiger partial charge in [0.15, 0.2) is 5.75 Å². The van der Waals surface area contributed by atoms with E-state index >= 15 is 0 Å². The zero-order valence-corrected chi connectivity index (χ0v) is 15.8. The molecule has 0 aromatic heterocycles. The first kappa shape index (κ1) is 17.7. The Hall–Kier alpha value is -1.07. The second-order valence-corrected chi connectivity index (χ2v) is 7.47. The Labute approximate surface area is 159 Å². The lowest BCUT2D eigenvalue weighted by Gasteiger charge is -2.25. The molecule has 0 radical (unpaired) electrons. The molecule has 0 unspecified atom stereocenters. The minimum absolute atomic E-state index is 0.0356. The molecular weight excluding hydrogens is 389 g/mol. The average Bonchev–Trinajstić information content (AvgIpc) is 2.93. The van der Waals surface area contributed by atoms with E-state index in [-0.39, 0.29) is 11.3 Å². The Kier molecular flexibility index (Phi) is 5.50. The summed E-state index contributed by atoms with van der Waals surface area (Å²) < 4.78 is 5.46. The number of anilines is 1. The van der Waals surface area contributed by atoms with E-state index in [1.165, 1.54) is 11.8 Å². The first-order valence-corrected chi connectivity index (χ1v) is 9.50. The summed E-state index contributed by atoms with van der Waals surface area (Å²) in [6.07, 6.45) is 0. The molecule has 3 rings (SSSR count). The molecule has 1 amide bonds. The SMILES string of the molecule is CCOc1c(Cl)cc([C@H]2SCC(=O)N2c2ccc(Cl)cc2)cc1Cl. The van der Waals surface area contributed by atoms with Crippen molar-refractivity contribution >= 4 is 58.2 Å². The normalized spacial score (nSPS) is 17.4. The molecule has 0 aliphatic carbocycles. The highest BCUT2D eigenvalue weighted by atomic mass is 35.5. The molecule has 0 spiro atoms. The first-order chi connectivity index (χ1) is 11.5. The number of carbonyl (C=O) groups excluding carboxylic acids is 1. The third-order valence-corrected chi connectivity index (χ3v) is 5.59. The van der Waals surface area contributed by atoms with Crippen molar-refractivity contribution in [2.75, 3.05) is 17.3 Å². The smallest absolute Gasteiger partial charge is 0.238 e. The van der Waals surface area contributed by atoms with Gasteiger partial charge in [0.1, 0.15) is 5.37 Å². The molecule has 1 heterocycles. The summed E-state index contributed by atoms with van der Waals surface area (Å²) in [6, 6.07) is 10.8. The minimum Gasteiger partial charge on any atom is -0.491 e. The third-order valence-electron chi connectivity index (χ3n) is 3.57. The summed E-state index contributed by atoms with van der Waals surface area (Å²) in [5.74, 6) is 0.904. The number of carbonyl (C=O) groups is 1. The van der Waals surface area contributed by atoms with Gasteiger partial charge in [0.05, 0.1) is 22.4 Å². The Morgan fingerprint density at radius 1 is 1.17 bits per heavy atom. The lowest BCUT2D eigenvalue weighted by Crippen LogP contribution is -2.27. The molecule has 0 saturated carbocycles. The van der Waals surface area contributed by atoms with Crippen molar-refractivity contribution in [2.45, 2.75) is 12.3 Å².